The molecular formula is C5H5Cl3O2. The molecule has 1 rings (SSSR count). The standard InChI is InChI=1S/C5H5Cl3O2/c1-3-2-9-4(10-3)5(6,7)8/h4H,1-2H2. The maximum absolute atomic E-state index is 5.44. The lowest BCUT2D eigenvalue weighted by Gasteiger charge is -2.16. The fourth-order valence-electron chi connectivity index (χ4n) is 0.549. The third kappa shape index (κ3) is 1.92. The molecule has 0 amide bonds. The number of alkyl halides is 3. The Morgan fingerprint density at radius 2 is 2.10 bits per heavy atom. The second kappa shape index (κ2) is 2.78. The van der Waals surface area contributed by atoms with E-state index < -0.39 is 10.1 Å². The van der Waals surface area contributed by atoms with E-state index in [4.69, 9.17) is 44.3 Å². The van der Waals surface area contributed by atoms with Crippen molar-refractivity contribution in [1.29, 1.82) is 0 Å². The van der Waals surface area contributed by atoms with Crippen LogP contribution in [0, 0.1) is 0 Å². The predicted octanol–water partition coefficient (Wildman–Crippen LogP) is 2.24. The summed E-state index contributed by atoms with van der Waals surface area (Å²) in [6.45, 7) is 3.79. The summed E-state index contributed by atoms with van der Waals surface area (Å²) >= 11 is 16.3. The summed E-state index contributed by atoms with van der Waals surface area (Å²) < 4.78 is 8.30. The first-order valence-corrected chi connectivity index (χ1v) is 3.66. The summed E-state index contributed by atoms with van der Waals surface area (Å²) in [6, 6.07) is 0. The Labute approximate surface area is 73.6 Å². The quantitative estimate of drug-likeness (QED) is 0.562. The summed E-state index contributed by atoms with van der Waals surface area (Å²) in [4.78, 5) is 0. The van der Waals surface area contributed by atoms with E-state index in [1.807, 2.05) is 0 Å². The molecule has 10 heavy (non-hydrogen) atoms. The van der Waals surface area contributed by atoms with Crippen LogP contribution in [-0.4, -0.2) is 16.7 Å². The highest BCUT2D eigenvalue weighted by Crippen LogP contribution is 2.36. The van der Waals surface area contributed by atoms with Gasteiger partial charge in [0.15, 0.2) is 0 Å². The Morgan fingerprint density at radius 1 is 1.50 bits per heavy atom. The van der Waals surface area contributed by atoms with Crippen molar-refractivity contribution in [3.8, 4) is 0 Å². The lowest BCUT2D eigenvalue weighted by atomic mass is 10.6. The first-order valence-electron chi connectivity index (χ1n) is 2.53. The molecule has 0 bridgehead atoms. The monoisotopic (exact) mass is 202 g/mol. The number of rotatable bonds is 0. The third-order valence-electron chi connectivity index (χ3n) is 0.937. The van der Waals surface area contributed by atoms with Gasteiger partial charge in [-0.1, -0.05) is 41.4 Å². The van der Waals surface area contributed by atoms with Crippen molar-refractivity contribution in [2.24, 2.45) is 0 Å². The first-order chi connectivity index (χ1) is 4.50. The van der Waals surface area contributed by atoms with Gasteiger partial charge in [0.2, 0.25) is 6.29 Å². The molecule has 1 heterocycles. The molecule has 2 nitrogen and oxygen atoms in total. The van der Waals surface area contributed by atoms with Crippen LogP contribution in [0.15, 0.2) is 12.3 Å². The summed E-state index contributed by atoms with van der Waals surface area (Å²) in [5.74, 6) is 0.483. The van der Waals surface area contributed by atoms with Crippen molar-refractivity contribution >= 4 is 34.8 Å². The van der Waals surface area contributed by atoms with Crippen LogP contribution in [0.1, 0.15) is 0 Å². The van der Waals surface area contributed by atoms with Crippen molar-refractivity contribution in [2.45, 2.75) is 10.1 Å². The van der Waals surface area contributed by atoms with Gasteiger partial charge >= 0.3 is 0 Å². The van der Waals surface area contributed by atoms with Crippen molar-refractivity contribution < 1.29 is 9.47 Å². The Bertz CT molecular complexity index is 151. The maximum Gasteiger partial charge on any atom is 0.252 e. The topological polar surface area (TPSA) is 18.5 Å². The summed E-state index contributed by atoms with van der Waals surface area (Å²) in [6.07, 6.45) is -0.815. The first kappa shape index (κ1) is 8.47. The second-order valence-electron chi connectivity index (χ2n) is 1.84. The van der Waals surface area contributed by atoms with Crippen LogP contribution in [-0.2, 0) is 9.47 Å². The Kier molecular flexibility index (Phi) is 2.35. The molecule has 1 saturated heterocycles. The molecule has 0 aliphatic carbocycles. The van der Waals surface area contributed by atoms with Gasteiger partial charge in [0, 0.05) is 0 Å². The zero-order valence-electron chi connectivity index (χ0n) is 4.94. The van der Waals surface area contributed by atoms with Gasteiger partial charge in [-0.2, -0.15) is 0 Å². The van der Waals surface area contributed by atoms with Gasteiger partial charge in [-0.25, -0.2) is 0 Å². The molecule has 0 N–H and O–H groups in total. The molecule has 1 aliphatic rings. The van der Waals surface area contributed by atoms with E-state index in [1.54, 1.807) is 0 Å². The van der Waals surface area contributed by atoms with Crippen LogP contribution in [0.25, 0.3) is 0 Å². The molecule has 1 fully saturated rings. The zero-order valence-corrected chi connectivity index (χ0v) is 7.21. The van der Waals surface area contributed by atoms with Gasteiger partial charge in [0.25, 0.3) is 3.79 Å². The Morgan fingerprint density at radius 3 is 2.30 bits per heavy atom. The lowest BCUT2D eigenvalue weighted by Crippen LogP contribution is -2.25. The fourth-order valence-corrected chi connectivity index (χ4v) is 0.872. The smallest absolute Gasteiger partial charge is 0.252 e. The van der Waals surface area contributed by atoms with Gasteiger partial charge in [-0.05, 0) is 0 Å². The molecule has 5 heteroatoms. The molecular weight excluding hydrogens is 198 g/mol. The minimum absolute atomic E-state index is 0.290. The van der Waals surface area contributed by atoms with Crippen molar-refractivity contribution in [3.05, 3.63) is 12.3 Å². The van der Waals surface area contributed by atoms with E-state index in [-0.39, 0.29) is 0 Å². The van der Waals surface area contributed by atoms with Gasteiger partial charge in [0.05, 0.1) is 0 Å². The van der Waals surface area contributed by atoms with Crippen LogP contribution in [0.3, 0.4) is 0 Å². The van der Waals surface area contributed by atoms with Crippen LogP contribution < -0.4 is 0 Å². The Balaban J connectivity index is 2.53. The van der Waals surface area contributed by atoms with E-state index in [0.29, 0.717) is 12.4 Å². The third-order valence-corrected chi connectivity index (χ3v) is 1.47. The van der Waals surface area contributed by atoms with Crippen LogP contribution >= 0.6 is 34.8 Å². The predicted molar refractivity (Wildman–Crippen MR) is 40.3 cm³/mol. The molecule has 58 valence electrons. The summed E-state index contributed by atoms with van der Waals surface area (Å²) in [5, 5.41) is 0. The highest BCUT2D eigenvalue weighted by atomic mass is 35.6. The fraction of sp³-hybridized carbons (Fsp3) is 0.600. The van der Waals surface area contributed by atoms with Gasteiger partial charge < -0.3 is 9.47 Å². The number of hydrogen-bond acceptors (Lipinski definition) is 2. The van der Waals surface area contributed by atoms with Crippen molar-refractivity contribution in [3.63, 3.8) is 0 Å². The molecule has 0 aromatic rings. The maximum atomic E-state index is 5.44. The highest BCUT2D eigenvalue weighted by molar-refractivity contribution is 6.67. The van der Waals surface area contributed by atoms with Crippen LogP contribution in [0.5, 0.6) is 0 Å². The molecule has 1 atom stereocenters. The van der Waals surface area contributed by atoms with E-state index in [1.165, 1.54) is 0 Å². The number of ether oxygens (including phenoxy) is 2. The molecule has 0 aromatic heterocycles. The molecule has 0 radical (unpaired) electrons. The molecule has 0 saturated carbocycles. The minimum Gasteiger partial charge on any atom is -0.463 e. The van der Waals surface area contributed by atoms with Crippen molar-refractivity contribution in [1.82, 2.24) is 0 Å². The van der Waals surface area contributed by atoms with Crippen molar-refractivity contribution in [2.75, 3.05) is 6.61 Å². The van der Waals surface area contributed by atoms with E-state index in [0.717, 1.165) is 0 Å². The minimum atomic E-state index is -1.53. The second-order valence-corrected chi connectivity index (χ2v) is 4.21. The molecule has 1 aliphatic heterocycles. The van der Waals surface area contributed by atoms with Gasteiger partial charge in [-0.15, -0.1) is 0 Å². The number of hydrogen-bond donors (Lipinski definition) is 0. The SMILES string of the molecule is C=C1COC(C(Cl)(Cl)Cl)O1. The zero-order chi connectivity index (χ0) is 7.78. The highest BCUT2D eigenvalue weighted by Gasteiger charge is 2.39. The van der Waals surface area contributed by atoms with E-state index in [9.17, 15) is 0 Å². The molecule has 1 unspecified atom stereocenters. The summed E-state index contributed by atoms with van der Waals surface area (Å²) in [7, 11) is 0. The molecule has 0 spiro atoms. The molecule has 0 aromatic carbocycles. The lowest BCUT2D eigenvalue weighted by molar-refractivity contribution is -0.0274. The average Bonchev–Trinajstić information content (AvgIpc) is 2.11. The normalized spacial score (nSPS) is 26.7. The largest absolute Gasteiger partial charge is 0.463 e. The Hall–Kier alpha value is 0.370. The average molecular weight is 203 g/mol. The van der Waals surface area contributed by atoms with Crippen LogP contribution in [0.4, 0.5) is 0 Å². The summed E-state index contributed by atoms with van der Waals surface area (Å²) in [5.41, 5.74) is 0. The number of halogens is 3. The van der Waals surface area contributed by atoms with Crippen LogP contribution in [0.2, 0.25) is 0 Å². The van der Waals surface area contributed by atoms with Gasteiger partial charge in [0.1, 0.15) is 12.4 Å². The van der Waals surface area contributed by atoms with Gasteiger partial charge in [-0.3, -0.25) is 0 Å². The van der Waals surface area contributed by atoms with E-state index in [2.05, 4.69) is 6.58 Å². The van der Waals surface area contributed by atoms with E-state index >= 15 is 0 Å².